The Hall–Kier alpha value is -1.04. The van der Waals surface area contributed by atoms with Crippen LogP contribution in [0.5, 0.6) is 0 Å². The van der Waals surface area contributed by atoms with E-state index in [9.17, 15) is 0 Å². The molecule has 0 radical (unpaired) electrons. The Morgan fingerprint density at radius 3 is 2.37 bits per heavy atom. The molecule has 0 saturated heterocycles. The van der Waals surface area contributed by atoms with Crippen molar-refractivity contribution in [1.29, 1.82) is 0 Å². The molecule has 0 nitrogen and oxygen atoms in total. The Morgan fingerprint density at radius 2 is 1.79 bits per heavy atom. The summed E-state index contributed by atoms with van der Waals surface area (Å²) in [6.45, 7) is 10.9. The van der Waals surface area contributed by atoms with E-state index in [-0.39, 0.29) is 0 Å². The van der Waals surface area contributed by atoms with E-state index in [1.807, 2.05) is 13.8 Å². The van der Waals surface area contributed by atoms with Gasteiger partial charge in [-0.25, -0.2) is 0 Å². The molecule has 1 fully saturated rings. The van der Waals surface area contributed by atoms with Crippen LogP contribution in [0, 0.1) is 18.3 Å². The van der Waals surface area contributed by atoms with Gasteiger partial charge < -0.3 is 0 Å². The molecule has 0 heterocycles. The van der Waals surface area contributed by atoms with Gasteiger partial charge in [0.15, 0.2) is 0 Å². The van der Waals surface area contributed by atoms with Crippen LogP contribution < -0.4 is 0 Å². The highest BCUT2D eigenvalue weighted by molar-refractivity contribution is 5.51. The first-order valence-corrected chi connectivity index (χ1v) is 7.83. The molecule has 0 atom stereocenters. The van der Waals surface area contributed by atoms with Crippen LogP contribution in [0.2, 0.25) is 0 Å². The maximum Gasteiger partial charge on any atom is -0.0143 e. The molecule has 1 aromatic carbocycles. The number of allylic oxidation sites excluding steroid dienone is 1. The number of rotatable bonds is 2. The summed E-state index contributed by atoms with van der Waals surface area (Å²) in [5, 5.41) is 0. The van der Waals surface area contributed by atoms with Gasteiger partial charge in [0, 0.05) is 0 Å². The van der Waals surface area contributed by atoms with Gasteiger partial charge in [-0.3, -0.25) is 0 Å². The number of aryl methyl sites for hydroxylation is 1. The van der Waals surface area contributed by atoms with E-state index >= 15 is 0 Å². The van der Waals surface area contributed by atoms with E-state index in [2.05, 4.69) is 57.2 Å². The number of benzene rings is 1. The molecule has 0 heteroatoms. The van der Waals surface area contributed by atoms with Crippen molar-refractivity contribution in [1.82, 2.24) is 0 Å². The largest absolute Gasteiger partial charge is 0.0780 e. The first-order chi connectivity index (χ1) is 9.07. The number of hydrogen-bond acceptors (Lipinski definition) is 0. The molecule has 0 unspecified atom stereocenters. The highest BCUT2D eigenvalue weighted by atomic mass is 14.3. The summed E-state index contributed by atoms with van der Waals surface area (Å²) in [6.07, 6.45) is 10.2. The van der Waals surface area contributed by atoms with Gasteiger partial charge in [0.1, 0.15) is 0 Å². The molecule has 0 bridgehead atoms. The predicted octanol–water partition coefficient (Wildman–Crippen LogP) is 6.25. The molecular weight excluding hydrogens is 228 g/mol. The Kier molecular flexibility index (Phi) is 6.34. The van der Waals surface area contributed by atoms with Gasteiger partial charge in [0.2, 0.25) is 0 Å². The quantitative estimate of drug-likeness (QED) is 0.588. The van der Waals surface area contributed by atoms with E-state index in [1.165, 1.54) is 36.8 Å². The minimum atomic E-state index is 0.427. The molecular formula is C19H30. The van der Waals surface area contributed by atoms with E-state index in [0.29, 0.717) is 5.41 Å². The molecule has 0 N–H and O–H groups in total. The van der Waals surface area contributed by atoms with Gasteiger partial charge >= 0.3 is 0 Å². The molecule has 0 spiro atoms. The van der Waals surface area contributed by atoms with Crippen LogP contribution in [0.1, 0.15) is 64.5 Å². The van der Waals surface area contributed by atoms with Gasteiger partial charge in [-0.2, -0.15) is 0 Å². The predicted molar refractivity (Wildman–Crippen MR) is 87.3 cm³/mol. The van der Waals surface area contributed by atoms with Crippen LogP contribution in [-0.4, -0.2) is 0 Å². The van der Waals surface area contributed by atoms with Gasteiger partial charge in [0.25, 0.3) is 0 Å². The van der Waals surface area contributed by atoms with E-state index in [4.69, 9.17) is 0 Å². The zero-order valence-corrected chi connectivity index (χ0v) is 13.4. The lowest BCUT2D eigenvalue weighted by molar-refractivity contribution is 0.234. The maximum atomic E-state index is 2.44. The van der Waals surface area contributed by atoms with Gasteiger partial charge in [-0.15, -0.1) is 0 Å². The fourth-order valence-electron chi connectivity index (χ4n) is 2.66. The highest BCUT2D eigenvalue weighted by Gasteiger charge is 2.26. The lowest BCUT2D eigenvalue weighted by Crippen LogP contribution is -2.20. The van der Waals surface area contributed by atoms with E-state index < -0.39 is 0 Å². The number of hydrogen-bond donors (Lipinski definition) is 0. The monoisotopic (exact) mass is 258 g/mol. The minimum absolute atomic E-state index is 0.427. The molecule has 1 aromatic rings. The van der Waals surface area contributed by atoms with Crippen molar-refractivity contribution >= 4 is 6.08 Å². The summed E-state index contributed by atoms with van der Waals surface area (Å²) in [5.41, 5.74) is 3.11. The Bertz CT molecular complexity index is 392. The van der Waals surface area contributed by atoms with E-state index in [1.54, 1.807) is 0 Å². The summed E-state index contributed by atoms with van der Waals surface area (Å²) in [7, 11) is 0. The molecule has 0 amide bonds. The van der Waals surface area contributed by atoms with Crippen molar-refractivity contribution in [2.24, 2.45) is 11.3 Å². The summed E-state index contributed by atoms with van der Waals surface area (Å²) in [5.74, 6) is 0.926. The summed E-state index contributed by atoms with van der Waals surface area (Å²) in [6, 6.07) is 8.74. The molecule has 0 aromatic heterocycles. The van der Waals surface area contributed by atoms with Crippen molar-refractivity contribution in [3.05, 3.63) is 41.5 Å². The zero-order valence-electron chi connectivity index (χ0n) is 13.4. The maximum absolute atomic E-state index is 2.44. The van der Waals surface area contributed by atoms with Crippen LogP contribution in [0.4, 0.5) is 0 Å². The Balaban J connectivity index is 0.000000861. The van der Waals surface area contributed by atoms with Crippen molar-refractivity contribution in [2.75, 3.05) is 0 Å². The van der Waals surface area contributed by atoms with Gasteiger partial charge in [-0.1, -0.05) is 69.7 Å². The topological polar surface area (TPSA) is 0 Å². The fourth-order valence-corrected chi connectivity index (χ4v) is 2.66. The van der Waals surface area contributed by atoms with Crippen LogP contribution >= 0.6 is 0 Å². The molecule has 2 rings (SSSR count). The Morgan fingerprint density at radius 1 is 1.16 bits per heavy atom. The average molecular weight is 258 g/mol. The van der Waals surface area contributed by atoms with Crippen molar-refractivity contribution in [3.8, 4) is 0 Å². The average Bonchev–Trinajstić information content (AvgIpc) is 2.43. The molecule has 1 aliphatic carbocycles. The zero-order chi connectivity index (χ0) is 14.3. The third kappa shape index (κ3) is 5.22. The molecule has 106 valence electrons. The first kappa shape index (κ1) is 16.0. The smallest absolute Gasteiger partial charge is 0.0143 e. The van der Waals surface area contributed by atoms with Crippen molar-refractivity contribution in [3.63, 3.8) is 0 Å². The fraction of sp³-hybridized carbons (Fsp3) is 0.579. The van der Waals surface area contributed by atoms with E-state index in [0.717, 1.165) is 5.92 Å². The normalized spacial score (nSPS) is 26.9. The molecule has 1 aliphatic rings. The van der Waals surface area contributed by atoms with Crippen LogP contribution in [0.3, 0.4) is 0 Å². The second kappa shape index (κ2) is 7.53. The van der Waals surface area contributed by atoms with Gasteiger partial charge in [0.05, 0.1) is 0 Å². The van der Waals surface area contributed by atoms with Gasteiger partial charge in [-0.05, 0) is 49.5 Å². The third-order valence-corrected chi connectivity index (χ3v) is 4.14. The first-order valence-electron chi connectivity index (χ1n) is 7.83. The molecule has 1 saturated carbocycles. The van der Waals surface area contributed by atoms with Crippen molar-refractivity contribution in [2.45, 2.75) is 60.3 Å². The lowest BCUT2D eigenvalue weighted by Gasteiger charge is -2.33. The SMILES string of the molecule is CC.Cc1cccc(/C=C/C2(C)CCC(C)CC2)c1. The lowest BCUT2D eigenvalue weighted by atomic mass is 9.72. The van der Waals surface area contributed by atoms with Crippen LogP contribution in [0.25, 0.3) is 6.08 Å². The third-order valence-electron chi connectivity index (χ3n) is 4.14. The Labute approximate surface area is 119 Å². The second-order valence-electron chi connectivity index (χ2n) is 6.08. The second-order valence-corrected chi connectivity index (χ2v) is 6.08. The summed E-state index contributed by atoms with van der Waals surface area (Å²) in [4.78, 5) is 0. The van der Waals surface area contributed by atoms with Crippen LogP contribution in [-0.2, 0) is 0 Å². The molecule has 19 heavy (non-hydrogen) atoms. The standard InChI is InChI=1S/C17H24.C2H6/c1-14-7-10-17(3,11-8-14)12-9-16-6-4-5-15(2)13-16;1-2/h4-6,9,12-14H,7-8,10-11H2,1-3H3;1-2H3/b12-9+;. The minimum Gasteiger partial charge on any atom is -0.0780 e. The highest BCUT2D eigenvalue weighted by Crippen LogP contribution is 2.39. The van der Waals surface area contributed by atoms with Crippen molar-refractivity contribution < 1.29 is 0 Å². The molecule has 0 aliphatic heterocycles. The summed E-state index contributed by atoms with van der Waals surface area (Å²) >= 11 is 0. The summed E-state index contributed by atoms with van der Waals surface area (Å²) < 4.78 is 0. The van der Waals surface area contributed by atoms with Crippen LogP contribution in [0.15, 0.2) is 30.3 Å².